The average Bonchev–Trinajstić information content (AvgIpc) is 3.55. The lowest BCUT2D eigenvalue weighted by Crippen LogP contribution is -2.03. The van der Waals surface area contributed by atoms with Crippen molar-refractivity contribution in [3.05, 3.63) is 136 Å². The van der Waals surface area contributed by atoms with Crippen molar-refractivity contribution in [3.8, 4) is 5.75 Å². The Balaban J connectivity index is 0.000000206. The van der Waals surface area contributed by atoms with Gasteiger partial charge in [0, 0.05) is 0 Å². The summed E-state index contributed by atoms with van der Waals surface area (Å²) in [6, 6.07) is 33.7. The predicted octanol–water partition coefficient (Wildman–Crippen LogP) is 9.76. The Labute approximate surface area is 244 Å². The van der Waals surface area contributed by atoms with Gasteiger partial charge in [-0.2, -0.15) is 0 Å². The molecule has 2 heteroatoms. The summed E-state index contributed by atoms with van der Waals surface area (Å²) in [6.45, 7) is 16.0. The highest BCUT2D eigenvalue weighted by atomic mass is 16.5. The maximum absolute atomic E-state index is 5.87. The normalized spacial score (nSPS) is 11.7. The van der Waals surface area contributed by atoms with E-state index in [0.717, 1.165) is 12.2 Å². The molecule has 0 unspecified atom stereocenters. The molecule has 40 heavy (non-hydrogen) atoms. The van der Waals surface area contributed by atoms with Gasteiger partial charge in [-0.25, -0.2) is 0 Å². The minimum atomic E-state index is 0.638. The minimum absolute atomic E-state index is 0.638. The van der Waals surface area contributed by atoms with Crippen LogP contribution in [0.3, 0.4) is 0 Å². The second kappa shape index (κ2) is 19.7. The first-order valence-electron chi connectivity index (χ1n) is 15.0. The van der Waals surface area contributed by atoms with Crippen LogP contribution in [0.5, 0.6) is 5.75 Å². The lowest BCUT2D eigenvalue weighted by molar-refractivity contribution is 0.303. The van der Waals surface area contributed by atoms with Crippen LogP contribution in [0.2, 0.25) is 0 Å². The van der Waals surface area contributed by atoms with E-state index in [0.29, 0.717) is 6.61 Å². The van der Waals surface area contributed by atoms with E-state index in [1.54, 1.807) is 0 Å². The fraction of sp³-hybridized carbons (Fsp3) is 0.368. The van der Waals surface area contributed by atoms with Gasteiger partial charge in [-0.3, -0.25) is 0 Å². The number of hydrogen-bond acceptors (Lipinski definition) is 2. The molecule has 0 aliphatic carbocycles. The van der Waals surface area contributed by atoms with E-state index in [9.17, 15) is 0 Å². The highest BCUT2D eigenvalue weighted by Gasteiger charge is 2.01. The molecule has 5 rings (SSSR count). The number of benzene rings is 4. The van der Waals surface area contributed by atoms with Gasteiger partial charge < -0.3 is 10.1 Å². The zero-order valence-corrected chi connectivity index (χ0v) is 25.8. The van der Waals surface area contributed by atoms with Crippen molar-refractivity contribution in [1.29, 1.82) is 0 Å². The van der Waals surface area contributed by atoms with Gasteiger partial charge >= 0.3 is 0 Å². The Hall–Kier alpha value is -3.36. The molecule has 1 N–H and O–H groups in total. The van der Waals surface area contributed by atoms with Crippen molar-refractivity contribution in [1.82, 2.24) is 5.32 Å². The van der Waals surface area contributed by atoms with Crippen molar-refractivity contribution in [3.63, 3.8) is 0 Å². The third-order valence-electron chi connectivity index (χ3n) is 6.74. The standard InChI is InChI=1S/C16H18O.C10H14.C8H10.C4H9N/c1-3-15-9-4-5-10-16(15)17-12-14-8-6-7-13(2)11-14;1-3-6-10-8-5-4-7-9(10)2;1-7-4-3-5-8(2)6-7;1-2-4-5-3-1/h4-11H,3,12H2,1-2H3;4-5,7-8H,3,6H2,1-2H3;3-6H,1-2H3;5H,1-4H2. The first-order chi connectivity index (χ1) is 19.4. The fourth-order valence-electron chi connectivity index (χ4n) is 4.49. The number of ether oxygens (including phenoxy) is 1. The van der Waals surface area contributed by atoms with Gasteiger partial charge in [0.1, 0.15) is 12.4 Å². The second-order valence-electron chi connectivity index (χ2n) is 10.5. The van der Waals surface area contributed by atoms with Crippen molar-refractivity contribution in [2.75, 3.05) is 13.1 Å². The topological polar surface area (TPSA) is 21.3 Å². The number of nitrogens with one attached hydrogen (secondary N) is 1. The van der Waals surface area contributed by atoms with Gasteiger partial charge in [0.15, 0.2) is 0 Å². The SMILES string of the molecule is C1CCNC1.CCCc1ccccc1C.CCc1ccccc1OCc1cccc(C)c1.Cc1cccc(C)c1. The van der Waals surface area contributed by atoms with E-state index in [1.165, 1.54) is 77.7 Å². The summed E-state index contributed by atoms with van der Waals surface area (Å²) in [6.07, 6.45) is 6.24. The van der Waals surface area contributed by atoms with Crippen LogP contribution in [0.4, 0.5) is 0 Å². The van der Waals surface area contributed by atoms with E-state index in [1.807, 2.05) is 12.1 Å². The quantitative estimate of drug-likeness (QED) is 0.264. The van der Waals surface area contributed by atoms with Crippen molar-refractivity contribution in [2.45, 2.75) is 80.3 Å². The Morgan fingerprint density at radius 1 is 0.625 bits per heavy atom. The molecule has 2 nitrogen and oxygen atoms in total. The van der Waals surface area contributed by atoms with E-state index in [-0.39, 0.29) is 0 Å². The number of aryl methyl sites for hydroxylation is 6. The molecule has 0 radical (unpaired) electrons. The van der Waals surface area contributed by atoms with Crippen molar-refractivity contribution in [2.24, 2.45) is 0 Å². The van der Waals surface area contributed by atoms with Crippen molar-refractivity contribution < 1.29 is 4.74 Å². The number of hydrogen-bond donors (Lipinski definition) is 1. The Morgan fingerprint density at radius 3 is 1.70 bits per heavy atom. The summed E-state index contributed by atoms with van der Waals surface area (Å²) in [7, 11) is 0. The highest BCUT2D eigenvalue weighted by molar-refractivity contribution is 5.33. The van der Waals surface area contributed by atoms with E-state index >= 15 is 0 Å². The molecule has 4 aromatic rings. The van der Waals surface area contributed by atoms with Gasteiger partial charge in [-0.05, 0) is 94.8 Å². The molecule has 0 saturated carbocycles. The lowest BCUT2D eigenvalue weighted by atomic mass is 10.1. The zero-order valence-electron chi connectivity index (χ0n) is 25.8. The van der Waals surface area contributed by atoms with Crippen LogP contribution in [0.15, 0.2) is 97.1 Å². The monoisotopic (exact) mass is 537 g/mol. The van der Waals surface area contributed by atoms with Gasteiger partial charge in [0.05, 0.1) is 0 Å². The molecule has 214 valence electrons. The summed E-state index contributed by atoms with van der Waals surface area (Å²) in [5.41, 5.74) is 9.34. The molecule has 0 amide bonds. The van der Waals surface area contributed by atoms with Crippen LogP contribution in [-0.2, 0) is 19.4 Å². The Kier molecular flexibility index (Phi) is 16.1. The van der Waals surface area contributed by atoms with Gasteiger partial charge in [0.2, 0.25) is 0 Å². The minimum Gasteiger partial charge on any atom is -0.489 e. The smallest absolute Gasteiger partial charge is 0.122 e. The van der Waals surface area contributed by atoms with Crippen LogP contribution in [-0.4, -0.2) is 13.1 Å². The zero-order chi connectivity index (χ0) is 29.0. The third-order valence-corrected chi connectivity index (χ3v) is 6.74. The number of rotatable bonds is 6. The molecule has 1 aliphatic rings. The van der Waals surface area contributed by atoms with E-state index in [4.69, 9.17) is 4.74 Å². The van der Waals surface area contributed by atoms with Crippen LogP contribution < -0.4 is 10.1 Å². The molecule has 0 aromatic heterocycles. The molecule has 0 spiro atoms. The van der Waals surface area contributed by atoms with E-state index in [2.05, 4.69) is 132 Å². The summed E-state index contributed by atoms with van der Waals surface area (Å²) in [5.74, 6) is 0.997. The summed E-state index contributed by atoms with van der Waals surface area (Å²) < 4.78 is 5.87. The molecule has 1 aliphatic heterocycles. The molecule has 1 fully saturated rings. The first kappa shape index (κ1) is 32.8. The van der Waals surface area contributed by atoms with Crippen LogP contribution in [0.25, 0.3) is 0 Å². The molecule has 1 heterocycles. The summed E-state index contributed by atoms with van der Waals surface area (Å²) >= 11 is 0. The Morgan fingerprint density at radius 2 is 1.20 bits per heavy atom. The van der Waals surface area contributed by atoms with Crippen LogP contribution >= 0.6 is 0 Å². The largest absolute Gasteiger partial charge is 0.489 e. The summed E-state index contributed by atoms with van der Waals surface area (Å²) in [4.78, 5) is 0. The third kappa shape index (κ3) is 13.6. The number of para-hydroxylation sites is 1. The molecule has 0 bridgehead atoms. The van der Waals surface area contributed by atoms with Gasteiger partial charge in [0.25, 0.3) is 0 Å². The lowest BCUT2D eigenvalue weighted by Gasteiger charge is -2.10. The first-order valence-corrected chi connectivity index (χ1v) is 15.0. The predicted molar refractivity (Wildman–Crippen MR) is 175 cm³/mol. The molecule has 4 aromatic carbocycles. The summed E-state index contributed by atoms with van der Waals surface area (Å²) in [5, 5.41) is 3.22. The average molecular weight is 538 g/mol. The highest BCUT2D eigenvalue weighted by Crippen LogP contribution is 2.20. The maximum Gasteiger partial charge on any atom is 0.122 e. The molecule has 0 atom stereocenters. The maximum atomic E-state index is 5.87. The van der Waals surface area contributed by atoms with Crippen LogP contribution in [0, 0.1) is 27.7 Å². The van der Waals surface area contributed by atoms with Crippen molar-refractivity contribution >= 4 is 0 Å². The molecule has 1 saturated heterocycles. The molecular formula is C38H51NO. The van der Waals surface area contributed by atoms with E-state index < -0.39 is 0 Å². The molecular weight excluding hydrogens is 486 g/mol. The van der Waals surface area contributed by atoms with Crippen LogP contribution in [0.1, 0.15) is 72.1 Å². The Bertz CT molecular complexity index is 1200. The van der Waals surface area contributed by atoms with Gasteiger partial charge in [-0.1, -0.05) is 128 Å². The van der Waals surface area contributed by atoms with Gasteiger partial charge in [-0.15, -0.1) is 0 Å². The second-order valence-corrected chi connectivity index (χ2v) is 10.5. The fourth-order valence-corrected chi connectivity index (χ4v) is 4.49.